The van der Waals surface area contributed by atoms with Crippen LogP contribution < -0.4 is 11.3 Å². The molecule has 1 atom stereocenters. The smallest absolute Gasteiger partial charge is 0.137 e. The summed E-state index contributed by atoms with van der Waals surface area (Å²) in [7, 11) is 0. The van der Waals surface area contributed by atoms with Crippen LogP contribution in [0.15, 0.2) is 53.1 Å². The summed E-state index contributed by atoms with van der Waals surface area (Å²) in [6, 6.07) is 13.6. The van der Waals surface area contributed by atoms with Crippen molar-refractivity contribution >= 4 is 11.0 Å². The SMILES string of the molecule is Cc1cccc2cc(C(NN)c3ccccn3)oc12. The molecule has 0 aliphatic heterocycles. The number of rotatable bonds is 3. The maximum absolute atomic E-state index is 5.92. The Morgan fingerprint density at radius 1 is 1.21 bits per heavy atom. The normalized spacial score (nSPS) is 12.7. The Balaban J connectivity index is 2.09. The number of aryl methyl sites for hydroxylation is 1. The molecule has 96 valence electrons. The van der Waals surface area contributed by atoms with Crippen molar-refractivity contribution in [3.05, 3.63) is 65.7 Å². The van der Waals surface area contributed by atoms with Crippen LogP contribution in [0.5, 0.6) is 0 Å². The highest BCUT2D eigenvalue weighted by Crippen LogP contribution is 2.28. The molecule has 4 nitrogen and oxygen atoms in total. The summed E-state index contributed by atoms with van der Waals surface area (Å²) in [5.74, 6) is 6.42. The van der Waals surface area contributed by atoms with Gasteiger partial charge in [0.1, 0.15) is 17.4 Å². The molecular formula is C15H15N3O. The van der Waals surface area contributed by atoms with Crippen LogP contribution in [0, 0.1) is 6.92 Å². The zero-order valence-corrected chi connectivity index (χ0v) is 10.6. The van der Waals surface area contributed by atoms with Crippen molar-refractivity contribution in [2.75, 3.05) is 0 Å². The van der Waals surface area contributed by atoms with Crippen molar-refractivity contribution in [1.29, 1.82) is 0 Å². The Morgan fingerprint density at radius 2 is 2.11 bits per heavy atom. The number of pyridine rings is 1. The van der Waals surface area contributed by atoms with E-state index in [2.05, 4.69) is 10.4 Å². The Labute approximate surface area is 111 Å². The molecule has 4 heteroatoms. The van der Waals surface area contributed by atoms with Crippen LogP contribution >= 0.6 is 0 Å². The van der Waals surface area contributed by atoms with Crippen molar-refractivity contribution in [3.63, 3.8) is 0 Å². The zero-order valence-electron chi connectivity index (χ0n) is 10.6. The Morgan fingerprint density at radius 3 is 2.79 bits per heavy atom. The highest BCUT2D eigenvalue weighted by atomic mass is 16.3. The van der Waals surface area contributed by atoms with E-state index in [0.29, 0.717) is 0 Å². The molecule has 0 fully saturated rings. The van der Waals surface area contributed by atoms with Crippen LogP contribution in [0.1, 0.15) is 23.1 Å². The topological polar surface area (TPSA) is 64.1 Å². The van der Waals surface area contributed by atoms with Gasteiger partial charge in [-0.25, -0.2) is 5.43 Å². The number of benzene rings is 1. The van der Waals surface area contributed by atoms with Gasteiger partial charge in [-0.1, -0.05) is 24.3 Å². The van der Waals surface area contributed by atoms with Gasteiger partial charge in [0.25, 0.3) is 0 Å². The van der Waals surface area contributed by atoms with Crippen LogP contribution in [-0.4, -0.2) is 4.98 Å². The van der Waals surface area contributed by atoms with Gasteiger partial charge in [-0.3, -0.25) is 10.8 Å². The van der Waals surface area contributed by atoms with E-state index >= 15 is 0 Å². The summed E-state index contributed by atoms with van der Waals surface area (Å²) in [6.07, 6.45) is 1.74. The average molecular weight is 253 g/mol. The van der Waals surface area contributed by atoms with Crippen LogP contribution in [0.2, 0.25) is 0 Å². The van der Waals surface area contributed by atoms with E-state index in [1.165, 1.54) is 0 Å². The van der Waals surface area contributed by atoms with Gasteiger partial charge in [-0.15, -0.1) is 0 Å². The van der Waals surface area contributed by atoms with E-state index in [-0.39, 0.29) is 6.04 Å². The van der Waals surface area contributed by atoms with Crippen molar-refractivity contribution in [3.8, 4) is 0 Å². The highest BCUT2D eigenvalue weighted by molar-refractivity contribution is 5.81. The standard InChI is InChI=1S/C15H15N3O/c1-10-5-4-6-11-9-13(19-15(10)11)14(18-16)12-7-2-3-8-17-12/h2-9,14,18H,16H2,1H3. The predicted octanol–water partition coefficient (Wildman–Crippen LogP) is 2.69. The molecule has 0 spiro atoms. The Hall–Kier alpha value is -2.17. The lowest BCUT2D eigenvalue weighted by molar-refractivity contribution is 0.470. The average Bonchev–Trinajstić information content (AvgIpc) is 2.86. The van der Waals surface area contributed by atoms with Crippen molar-refractivity contribution in [2.45, 2.75) is 13.0 Å². The van der Waals surface area contributed by atoms with Crippen LogP contribution in [-0.2, 0) is 0 Å². The third-order valence-corrected chi connectivity index (χ3v) is 3.19. The minimum atomic E-state index is -0.243. The van der Waals surface area contributed by atoms with Gasteiger partial charge in [0, 0.05) is 11.6 Å². The summed E-state index contributed by atoms with van der Waals surface area (Å²) < 4.78 is 5.92. The molecule has 19 heavy (non-hydrogen) atoms. The first-order valence-electron chi connectivity index (χ1n) is 6.15. The van der Waals surface area contributed by atoms with E-state index < -0.39 is 0 Å². The number of hydrazine groups is 1. The maximum atomic E-state index is 5.92. The van der Waals surface area contributed by atoms with Crippen molar-refractivity contribution < 1.29 is 4.42 Å². The van der Waals surface area contributed by atoms with Gasteiger partial charge in [-0.2, -0.15) is 0 Å². The number of nitrogens with zero attached hydrogens (tertiary/aromatic N) is 1. The van der Waals surface area contributed by atoms with E-state index in [1.54, 1.807) is 6.20 Å². The number of fused-ring (bicyclic) bond motifs is 1. The molecule has 0 saturated heterocycles. The molecule has 3 N–H and O–H groups in total. The van der Waals surface area contributed by atoms with E-state index in [4.69, 9.17) is 10.3 Å². The minimum Gasteiger partial charge on any atom is -0.459 e. The molecule has 3 aromatic rings. The monoisotopic (exact) mass is 253 g/mol. The molecule has 0 saturated carbocycles. The van der Waals surface area contributed by atoms with E-state index in [9.17, 15) is 0 Å². The molecule has 2 aromatic heterocycles. The fraction of sp³-hybridized carbons (Fsp3) is 0.133. The molecule has 0 bridgehead atoms. The lowest BCUT2D eigenvalue weighted by Gasteiger charge is -2.12. The fourth-order valence-corrected chi connectivity index (χ4v) is 2.23. The first-order chi connectivity index (χ1) is 9.29. The number of hydrogen-bond acceptors (Lipinski definition) is 4. The van der Waals surface area contributed by atoms with Crippen LogP contribution in [0.4, 0.5) is 0 Å². The Bertz CT molecular complexity index is 691. The lowest BCUT2D eigenvalue weighted by Crippen LogP contribution is -2.29. The summed E-state index contributed by atoms with van der Waals surface area (Å²) in [5, 5.41) is 1.08. The number of para-hydroxylation sites is 1. The van der Waals surface area contributed by atoms with Crippen molar-refractivity contribution in [1.82, 2.24) is 10.4 Å². The summed E-state index contributed by atoms with van der Waals surface area (Å²) >= 11 is 0. The molecule has 0 amide bonds. The molecule has 0 radical (unpaired) electrons. The first kappa shape index (κ1) is 11.9. The molecular weight excluding hydrogens is 238 g/mol. The predicted molar refractivity (Wildman–Crippen MR) is 74.4 cm³/mol. The second-order valence-corrected chi connectivity index (χ2v) is 4.50. The summed E-state index contributed by atoms with van der Waals surface area (Å²) in [5.41, 5.74) is 5.60. The summed E-state index contributed by atoms with van der Waals surface area (Å²) in [4.78, 5) is 4.32. The molecule has 0 aliphatic carbocycles. The molecule has 2 heterocycles. The number of nitrogens with two attached hydrogens (primary N) is 1. The van der Waals surface area contributed by atoms with Gasteiger partial charge in [-0.05, 0) is 30.7 Å². The van der Waals surface area contributed by atoms with E-state index in [0.717, 1.165) is 28.0 Å². The van der Waals surface area contributed by atoms with Gasteiger partial charge < -0.3 is 4.42 Å². The fourth-order valence-electron chi connectivity index (χ4n) is 2.23. The second kappa shape index (κ2) is 4.84. The quantitative estimate of drug-likeness (QED) is 0.556. The first-order valence-corrected chi connectivity index (χ1v) is 6.15. The maximum Gasteiger partial charge on any atom is 0.137 e. The number of nitrogens with one attached hydrogen (secondary N) is 1. The molecule has 1 unspecified atom stereocenters. The molecule has 1 aromatic carbocycles. The van der Waals surface area contributed by atoms with Crippen LogP contribution in [0.25, 0.3) is 11.0 Å². The Kier molecular flexibility index (Phi) is 3.03. The number of hydrogen-bond donors (Lipinski definition) is 2. The molecule has 0 aliphatic rings. The molecule has 3 rings (SSSR count). The highest BCUT2D eigenvalue weighted by Gasteiger charge is 2.18. The van der Waals surface area contributed by atoms with Crippen LogP contribution in [0.3, 0.4) is 0 Å². The third-order valence-electron chi connectivity index (χ3n) is 3.19. The van der Waals surface area contributed by atoms with Gasteiger partial charge in [0.15, 0.2) is 0 Å². The minimum absolute atomic E-state index is 0.243. The van der Waals surface area contributed by atoms with Gasteiger partial charge >= 0.3 is 0 Å². The third kappa shape index (κ3) is 2.12. The number of furan rings is 1. The van der Waals surface area contributed by atoms with Crippen molar-refractivity contribution in [2.24, 2.45) is 5.84 Å². The number of aromatic nitrogens is 1. The zero-order chi connectivity index (χ0) is 13.2. The second-order valence-electron chi connectivity index (χ2n) is 4.50. The van der Waals surface area contributed by atoms with E-state index in [1.807, 2.05) is 49.4 Å². The summed E-state index contributed by atoms with van der Waals surface area (Å²) in [6.45, 7) is 2.03. The lowest BCUT2D eigenvalue weighted by atomic mass is 10.1. The van der Waals surface area contributed by atoms with Gasteiger partial charge in [0.05, 0.1) is 5.69 Å². The van der Waals surface area contributed by atoms with Gasteiger partial charge in [0.2, 0.25) is 0 Å². The largest absolute Gasteiger partial charge is 0.459 e.